The van der Waals surface area contributed by atoms with Gasteiger partial charge >= 0.3 is 6.18 Å². The van der Waals surface area contributed by atoms with Gasteiger partial charge in [-0.15, -0.1) is 0 Å². The Morgan fingerprint density at radius 3 is 2.50 bits per heavy atom. The fourth-order valence-corrected chi connectivity index (χ4v) is 2.90. The van der Waals surface area contributed by atoms with Crippen LogP contribution in [0.15, 0.2) is 41.5 Å². The predicted molar refractivity (Wildman–Crippen MR) is 90.1 cm³/mol. The zero-order valence-corrected chi connectivity index (χ0v) is 14.0. The smallest absolute Gasteiger partial charge is 0.328 e. The van der Waals surface area contributed by atoms with Crippen molar-refractivity contribution < 1.29 is 17.6 Å². The van der Waals surface area contributed by atoms with Gasteiger partial charge in [0, 0.05) is 29.2 Å². The van der Waals surface area contributed by atoms with Crippen LogP contribution in [0, 0.1) is 5.82 Å². The number of alkyl halides is 3. The number of hydrogen-bond acceptors (Lipinski definition) is 3. The van der Waals surface area contributed by atoms with Gasteiger partial charge in [0.25, 0.3) is 0 Å². The van der Waals surface area contributed by atoms with Gasteiger partial charge in [-0.25, -0.2) is 9.07 Å². The molecule has 2 aliphatic rings. The largest absolute Gasteiger partial charge is 0.435 e. The van der Waals surface area contributed by atoms with E-state index < -0.39 is 17.7 Å². The number of nitrogens with zero attached hydrogens (tertiary/aromatic N) is 4. The predicted octanol–water partition coefficient (Wildman–Crippen LogP) is 4.66. The van der Waals surface area contributed by atoms with Gasteiger partial charge in [-0.1, -0.05) is 0 Å². The average Bonchev–Trinajstić information content (AvgIpc) is 3.33. The molecule has 0 bridgehead atoms. The first kappa shape index (κ1) is 16.8. The molecule has 1 aliphatic heterocycles. The van der Waals surface area contributed by atoms with E-state index in [4.69, 9.17) is 0 Å². The first-order valence-electron chi connectivity index (χ1n) is 8.26. The van der Waals surface area contributed by atoms with Gasteiger partial charge in [0.05, 0.1) is 0 Å². The third-order valence-corrected chi connectivity index (χ3v) is 4.48. The summed E-state index contributed by atoms with van der Waals surface area (Å²) in [5.41, 5.74) is 0.888. The molecule has 1 aliphatic carbocycles. The molecule has 4 nitrogen and oxygen atoms in total. The maximum absolute atomic E-state index is 14.7. The van der Waals surface area contributed by atoms with Gasteiger partial charge in [-0.2, -0.15) is 18.3 Å². The molecule has 26 heavy (non-hydrogen) atoms. The highest BCUT2D eigenvalue weighted by atomic mass is 19.4. The Kier molecular flexibility index (Phi) is 3.86. The SMILES string of the molecule is CC1=NCN(c2ccc(-n3nc(C(F)(F)F)cc3C3CC3)c(F)c2)C=C1. The Bertz CT molecular complexity index is 906. The number of allylic oxidation sites excluding steroid dienone is 1. The second kappa shape index (κ2) is 5.96. The molecule has 4 rings (SSSR count). The topological polar surface area (TPSA) is 33.4 Å². The quantitative estimate of drug-likeness (QED) is 0.742. The fourth-order valence-electron chi connectivity index (χ4n) is 2.90. The number of halogens is 4. The van der Waals surface area contributed by atoms with Crippen molar-refractivity contribution in [1.82, 2.24) is 9.78 Å². The first-order valence-corrected chi connectivity index (χ1v) is 8.26. The number of rotatable bonds is 3. The van der Waals surface area contributed by atoms with Crippen molar-refractivity contribution in [2.75, 3.05) is 11.6 Å². The maximum Gasteiger partial charge on any atom is 0.435 e. The van der Waals surface area contributed by atoms with E-state index in [1.807, 2.05) is 13.0 Å². The highest BCUT2D eigenvalue weighted by molar-refractivity contribution is 5.94. The molecule has 0 N–H and O–H groups in total. The number of benzene rings is 1. The molecule has 0 saturated heterocycles. The van der Waals surface area contributed by atoms with Gasteiger partial charge in [0.1, 0.15) is 12.4 Å². The minimum Gasteiger partial charge on any atom is -0.328 e. The van der Waals surface area contributed by atoms with Crippen LogP contribution in [0.3, 0.4) is 0 Å². The second-order valence-corrected chi connectivity index (χ2v) is 6.50. The van der Waals surface area contributed by atoms with Crippen LogP contribution in [0.1, 0.15) is 37.1 Å². The first-order chi connectivity index (χ1) is 12.3. The van der Waals surface area contributed by atoms with E-state index in [0.717, 1.165) is 29.3 Å². The van der Waals surface area contributed by atoms with E-state index in [2.05, 4.69) is 10.1 Å². The molecule has 0 amide bonds. The monoisotopic (exact) mass is 364 g/mol. The zero-order chi connectivity index (χ0) is 18.5. The molecule has 2 heterocycles. The minimum absolute atomic E-state index is 0.0000155. The molecule has 8 heteroatoms. The molecule has 0 radical (unpaired) electrons. The summed E-state index contributed by atoms with van der Waals surface area (Å²) in [7, 11) is 0. The van der Waals surface area contributed by atoms with Crippen molar-refractivity contribution in [3.63, 3.8) is 0 Å². The second-order valence-electron chi connectivity index (χ2n) is 6.50. The normalized spacial score (nSPS) is 17.6. The highest BCUT2D eigenvalue weighted by Gasteiger charge is 2.38. The fraction of sp³-hybridized carbons (Fsp3) is 0.333. The van der Waals surface area contributed by atoms with Crippen molar-refractivity contribution in [2.45, 2.75) is 31.9 Å². The summed E-state index contributed by atoms with van der Waals surface area (Å²) in [6, 6.07) is 5.44. The van der Waals surface area contributed by atoms with Crippen LogP contribution >= 0.6 is 0 Å². The minimum atomic E-state index is -4.56. The lowest BCUT2D eigenvalue weighted by Gasteiger charge is -2.22. The lowest BCUT2D eigenvalue weighted by Crippen LogP contribution is -2.20. The summed E-state index contributed by atoms with van der Waals surface area (Å²) in [6.07, 6.45) is 0.628. The van der Waals surface area contributed by atoms with Crippen molar-refractivity contribution >= 4 is 11.4 Å². The van der Waals surface area contributed by atoms with Crippen LogP contribution in [0.25, 0.3) is 5.69 Å². The van der Waals surface area contributed by atoms with Crippen molar-refractivity contribution in [2.24, 2.45) is 4.99 Å². The number of anilines is 1. The van der Waals surface area contributed by atoms with E-state index in [0.29, 0.717) is 18.1 Å². The molecule has 0 spiro atoms. The third-order valence-electron chi connectivity index (χ3n) is 4.48. The van der Waals surface area contributed by atoms with Crippen LogP contribution in [-0.4, -0.2) is 22.2 Å². The van der Waals surface area contributed by atoms with Crippen LogP contribution in [0.5, 0.6) is 0 Å². The van der Waals surface area contributed by atoms with Crippen molar-refractivity contribution in [3.8, 4) is 5.69 Å². The third kappa shape index (κ3) is 3.11. The molecule has 1 saturated carbocycles. The summed E-state index contributed by atoms with van der Waals surface area (Å²) in [5, 5.41) is 3.63. The molecule has 1 fully saturated rings. The van der Waals surface area contributed by atoms with Crippen molar-refractivity contribution in [3.05, 3.63) is 53.7 Å². The molecule has 136 valence electrons. The van der Waals surface area contributed by atoms with Gasteiger partial charge in [-0.05, 0) is 50.1 Å². The summed E-state index contributed by atoms with van der Waals surface area (Å²) >= 11 is 0. The zero-order valence-electron chi connectivity index (χ0n) is 14.0. The molecule has 1 aromatic heterocycles. The standard InChI is InChI=1S/C18H16F4N4/c1-11-6-7-25(10-23-11)13-4-5-15(14(19)8-13)26-16(12-2-3-12)9-17(24-26)18(20,21)22/h4-9,12H,2-3,10H2,1H3. The van der Waals surface area contributed by atoms with E-state index in [1.54, 1.807) is 17.2 Å². The number of aliphatic imine (C=N–C) groups is 1. The number of aromatic nitrogens is 2. The Morgan fingerprint density at radius 2 is 1.92 bits per heavy atom. The molecule has 2 aromatic rings. The summed E-state index contributed by atoms with van der Waals surface area (Å²) in [6.45, 7) is 2.24. The molecule has 1 aromatic carbocycles. The molecule has 0 atom stereocenters. The molecular weight excluding hydrogens is 348 g/mol. The lowest BCUT2D eigenvalue weighted by molar-refractivity contribution is -0.141. The Hall–Kier alpha value is -2.64. The summed E-state index contributed by atoms with van der Waals surface area (Å²) < 4.78 is 54.9. The Balaban J connectivity index is 1.70. The van der Waals surface area contributed by atoms with Gasteiger partial charge in [0.2, 0.25) is 0 Å². The van der Waals surface area contributed by atoms with Gasteiger partial charge < -0.3 is 4.90 Å². The highest BCUT2D eigenvalue weighted by Crippen LogP contribution is 2.43. The van der Waals surface area contributed by atoms with Crippen molar-refractivity contribution in [1.29, 1.82) is 0 Å². The van der Waals surface area contributed by atoms with Crippen LogP contribution < -0.4 is 4.90 Å². The molecular formula is C18H16F4N4. The van der Waals surface area contributed by atoms with E-state index in [-0.39, 0.29) is 11.6 Å². The van der Waals surface area contributed by atoms with Gasteiger partial charge in [0.15, 0.2) is 11.5 Å². The van der Waals surface area contributed by atoms with E-state index in [1.165, 1.54) is 12.1 Å². The average molecular weight is 364 g/mol. The van der Waals surface area contributed by atoms with Crippen LogP contribution in [0.4, 0.5) is 23.2 Å². The maximum atomic E-state index is 14.7. The summed E-state index contributed by atoms with van der Waals surface area (Å²) in [5.74, 6) is -0.624. The van der Waals surface area contributed by atoms with Gasteiger partial charge in [-0.3, -0.25) is 4.99 Å². The Morgan fingerprint density at radius 1 is 1.15 bits per heavy atom. The summed E-state index contributed by atoms with van der Waals surface area (Å²) in [4.78, 5) is 6.02. The Labute approximate surface area is 147 Å². The van der Waals surface area contributed by atoms with Crippen LogP contribution in [-0.2, 0) is 6.18 Å². The van der Waals surface area contributed by atoms with Crippen LogP contribution in [0.2, 0.25) is 0 Å². The van der Waals surface area contributed by atoms with E-state index in [9.17, 15) is 17.6 Å². The molecule has 0 unspecified atom stereocenters. The van der Waals surface area contributed by atoms with E-state index >= 15 is 0 Å². The lowest BCUT2D eigenvalue weighted by atomic mass is 10.2. The number of hydrogen-bond donors (Lipinski definition) is 0.